The van der Waals surface area contributed by atoms with E-state index in [2.05, 4.69) is 59.6 Å². The molecule has 0 bridgehead atoms. The zero-order valence-corrected chi connectivity index (χ0v) is 19.5. The first kappa shape index (κ1) is 22.5. The van der Waals surface area contributed by atoms with Gasteiger partial charge in [0, 0.05) is 42.3 Å². The molecule has 0 unspecified atom stereocenters. The maximum absolute atomic E-state index is 12.9. The summed E-state index contributed by atoms with van der Waals surface area (Å²) in [6, 6.07) is 6.91. The molecule has 162 valence electrons. The summed E-state index contributed by atoms with van der Waals surface area (Å²) in [5, 5.41) is 5.79. The Morgan fingerprint density at radius 1 is 1.40 bits per heavy atom. The molecule has 1 N–H and O–H groups in total. The van der Waals surface area contributed by atoms with Gasteiger partial charge in [0.1, 0.15) is 5.69 Å². The molecular weight excluding hydrogens is 392 g/mol. The Balaban J connectivity index is 1.74. The number of benzene rings is 1. The minimum absolute atomic E-state index is 0.173. The van der Waals surface area contributed by atoms with Gasteiger partial charge in [0.25, 0.3) is 5.91 Å². The van der Waals surface area contributed by atoms with Crippen molar-refractivity contribution in [2.24, 2.45) is 0 Å². The van der Waals surface area contributed by atoms with Crippen LogP contribution >= 0.6 is 11.3 Å². The van der Waals surface area contributed by atoms with Crippen molar-refractivity contribution in [2.75, 3.05) is 29.9 Å². The molecule has 0 aliphatic carbocycles. The topological polar surface area (TPSA) is 48.5 Å². The van der Waals surface area contributed by atoms with E-state index in [1.54, 1.807) is 0 Å². The molecule has 0 spiro atoms. The average Bonchev–Trinajstić information content (AvgIpc) is 3.37. The van der Waals surface area contributed by atoms with Crippen molar-refractivity contribution in [3.05, 3.63) is 47.0 Å². The summed E-state index contributed by atoms with van der Waals surface area (Å²) >= 11 is 1.52. The molecule has 1 atom stereocenters. The van der Waals surface area contributed by atoms with Crippen LogP contribution in [0.25, 0.3) is 5.57 Å². The molecule has 5 nitrogen and oxygen atoms in total. The lowest BCUT2D eigenvalue weighted by Crippen LogP contribution is -2.26. The van der Waals surface area contributed by atoms with Gasteiger partial charge in [-0.1, -0.05) is 19.6 Å². The predicted molar refractivity (Wildman–Crippen MR) is 129 cm³/mol. The monoisotopic (exact) mass is 426 g/mol. The zero-order valence-electron chi connectivity index (χ0n) is 18.7. The van der Waals surface area contributed by atoms with Crippen LogP contribution in [0, 0.1) is 0 Å². The van der Waals surface area contributed by atoms with E-state index >= 15 is 0 Å². The van der Waals surface area contributed by atoms with Gasteiger partial charge in [-0.2, -0.15) is 0 Å². The van der Waals surface area contributed by atoms with Gasteiger partial charge < -0.3 is 10.2 Å². The van der Waals surface area contributed by atoms with E-state index in [0.29, 0.717) is 11.7 Å². The number of amides is 1. The molecule has 6 heteroatoms. The van der Waals surface area contributed by atoms with Crippen LogP contribution in [0.1, 0.15) is 68.6 Å². The quantitative estimate of drug-likeness (QED) is 0.563. The van der Waals surface area contributed by atoms with Crippen molar-refractivity contribution in [3.63, 3.8) is 0 Å². The van der Waals surface area contributed by atoms with E-state index in [-0.39, 0.29) is 5.91 Å². The lowest BCUT2D eigenvalue weighted by atomic mass is 10.0. The van der Waals surface area contributed by atoms with Crippen molar-refractivity contribution in [3.8, 4) is 0 Å². The van der Waals surface area contributed by atoms with E-state index in [9.17, 15) is 4.79 Å². The second-order valence-corrected chi connectivity index (χ2v) is 9.01. The molecule has 1 aromatic heterocycles. The second-order valence-electron chi connectivity index (χ2n) is 8.17. The molecule has 0 saturated carbocycles. The summed E-state index contributed by atoms with van der Waals surface area (Å²) in [5.74, 6) is -0.173. The minimum Gasteiger partial charge on any atom is -0.348 e. The highest BCUT2D eigenvalue weighted by atomic mass is 32.1. The van der Waals surface area contributed by atoms with Crippen LogP contribution in [0.15, 0.2) is 30.2 Å². The van der Waals surface area contributed by atoms with Crippen LogP contribution in [-0.2, 0) is 6.54 Å². The van der Waals surface area contributed by atoms with Crippen LogP contribution in [-0.4, -0.2) is 41.5 Å². The van der Waals surface area contributed by atoms with Crippen molar-refractivity contribution >= 4 is 33.6 Å². The third kappa shape index (κ3) is 5.29. The number of nitrogens with zero attached hydrogens (tertiary/aromatic N) is 3. The van der Waals surface area contributed by atoms with Gasteiger partial charge >= 0.3 is 0 Å². The summed E-state index contributed by atoms with van der Waals surface area (Å²) in [7, 11) is 0. The molecule has 1 aromatic carbocycles. The highest BCUT2D eigenvalue weighted by Gasteiger charge is 2.21. The second kappa shape index (κ2) is 10.2. The number of nitrogens with one attached hydrogen (secondary N) is 1. The molecule has 1 fully saturated rings. The van der Waals surface area contributed by atoms with Gasteiger partial charge in [-0.3, -0.25) is 9.69 Å². The molecule has 3 rings (SSSR count). The third-order valence-corrected chi connectivity index (χ3v) is 6.64. The summed E-state index contributed by atoms with van der Waals surface area (Å²) < 4.78 is 0. The Kier molecular flexibility index (Phi) is 7.67. The minimum atomic E-state index is -0.173. The SMILES string of the molecule is C=C(C)c1cc(CN2CCC[C@@H]2C)ccc1NC(=O)c1csc(N(CC)CCC)n1. The molecular formula is C24H34N4OS. The van der Waals surface area contributed by atoms with Gasteiger partial charge in [0.05, 0.1) is 0 Å². The molecule has 1 amide bonds. The first-order valence-electron chi connectivity index (χ1n) is 11.0. The molecule has 1 aliphatic heterocycles. The fourth-order valence-electron chi connectivity index (χ4n) is 3.97. The molecule has 1 saturated heterocycles. The summed E-state index contributed by atoms with van der Waals surface area (Å²) in [6.45, 7) is 16.6. The van der Waals surface area contributed by atoms with Gasteiger partial charge in [-0.05, 0) is 69.8 Å². The Labute approximate surface area is 184 Å². The first-order valence-corrected chi connectivity index (χ1v) is 11.9. The van der Waals surface area contributed by atoms with Crippen LogP contribution in [0.3, 0.4) is 0 Å². The maximum Gasteiger partial charge on any atom is 0.275 e. The normalized spacial score (nSPS) is 16.6. The highest BCUT2D eigenvalue weighted by molar-refractivity contribution is 7.14. The fourth-order valence-corrected chi connectivity index (χ4v) is 4.87. The first-order chi connectivity index (χ1) is 14.4. The number of anilines is 2. The number of hydrogen-bond donors (Lipinski definition) is 1. The number of thiazole rings is 1. The van der Waals surface area contributed by atoms with Gasteiger partial charge in [-0.25, -0.2) is 4.98 Å². The third-order valence-electron chi connectivity index (χ3n) is 5.74. The van der Waals surface area contributed by atoms with E-state index in [4.69, 9.17) is 0 Å². The Hall–Kier alpha value is -2.18. The lowest BCUT2D eigenvalue weighted by molar-refractivity contribution is 0.102. The van der Waals surface area contributed by atoms with Crippen LogP contribution in [0.2, 0.25) is 0 Å². The number of hydrogen-bond acceptors (Lipinski definition) is 5. The van der Waals surface area contributed by atoms with Gasteiger partial charge in [0.2, 0.25) is 0 Å². The summed E-state index contributed by atoms with van der Waals surface area (Å²) in [5.41, 5.74) is 4.45. The van der Waals surface area contributed by atoms with Gasteiger partial charge in [-0.15, -0.1) is 11.3 Å². The van der Waals surface area contributed by atoms with Crippen LogP contribution < -0.4 is 10.2 Å². The maximum atomic E-state index is 12.9. The average molecular weight is 427 g/mol. The van der Waals surface area contributed by atoms with Crippen molar-refractivity contribution < 1.29 is 4.79 Å². The smallest absolute Gasteiger partial charge is 0.275 e. The Morgan fingerprint density at radius 2 is 2.20 bits per heavy atom. The van der Waals surface area contributed by atoms with Crippen LogP contribution in [0.4, 0.5) is 10.8 Å². The van der Waals surface area contributed by atoms with Gasteiger partial charge in [0.15, 0.2) is 5.13 Å². The number of carbonyl (C=O) groups is 1. The molecule has 2 heterocycles. The standard InChI is InChI=1S/C24H34N4OS/c1-6-12-27(7-2)24-26-22(16-30-24)23(29)25-21-11-10-19(14-20(21)17(3)4)15-28-13-8-9-18(28)5/h10-11,14,16,18H,3,6-9,12-13,15H2,1-2,4-5H3,(H,25,29)/t18-/m0/s1. The number of aromatic nitrogens is 1. The Morgan fingerprint density at radius 3 is 2.83 bits per heavy atom. The van der Waals surface area contributed by atoms with E-state index in [1.165, 1.54) is 29.7 Å². The molecule has 2 aromatic rings. The zero-order chi connectivity index (χ0) is 21.7. The van der Waals surface area contributed by atoms with Crippen molar-refractivity contribution in [2.45, 2.75) is 59.5 Å². The number of likely N-dealkylation sites (tertiary alicyclic amines) is 1. The predicted octanol–water partition coefficient (Wildman–Crippen LogP) is 5.65. The fraction of sp³-hybridized carbons (Fsp3) is 0.500. The highest BCUT2D eigenvalue weighted by Crippen LogP contribution is 2.28. The Bertz CT molecular complexity index is 891. The largest absolute Gasteiger partial charge is 0.348 e. The van der Waals surface area contributed by atoms with Crippen molar-refractivity contribution in [1.29, 1.82) is 0 Å². The number of rotatable bonds is 9. The van der Waals surface area contributed by atoms with E-state index in [1.807, 2.05) is 18.4 Å². The summed E-state index contributed by atoms with van der Waals surface area (Å²) in [4.78, 5) is 22.1. The molecule has 30 heavy (non-hydrogen) atoms. The number of allylic oxidation sites excluding steroid dienone is 1. The molecule has 1 aliphatic rings. The van der Waals surface area contributed by atoms with E-state index in [0.717, 1.165) is 54.6 Å². The summed E-state index contributed by atoms with van der Waals surface area (Å²) in [6.07, 6.45) is 3.59. The van der Waals surface area contributed by atoms with E-state index < -0.39 is 0 Å². The lowest BCUT2D eigenvalue weighted by Gasteiger charge is -2.22. The van der Waals surface area contributed by atoms with Crippen LogP contribution in [0.5, 0.6) is 0 Å². The van der Waals surface area contributed by atoms with Crippen molar-refractivity contribution in [1.82, 2.24) is 9.88 Å². The number of carbonyl (C=O) groups excluding carboxylic acids is 1. The molecule has 0 radical (unpaired) electrons.